The molecule has 2 N–H and O–H groups in total. The summed E-state index contributed by atoms with van der Waals surface area (Å²) in [5, 5.41) is 15.4. The molecule has 1 aromatic carbocycles. The minimum absolute atomic E-state index is 0.0275. The first-order valence-electron chi connectivity index (χ1n) is 7.27. The van der Waals surface area contributed by atoms with Crippen LogP contribution >= 0.6 is 0 Å². The predicted octanol–water partition coefficient (Wildman–Crippen LogP) is 1.12. The van der Waals surface area contributed by atoms with E-state index in [1.165, 1.54) is 31.2 Å². The fourth-order valence-corrected chi connectivity index (χ4v) is 2.02. The molecule has 0 spiro atoms. The second-order valence-electron chi connectivity index (χ2n) is 5.01. The van der Waals surface area contributed by atoms with Crippen molar-refractivity contribution in [1.82, 2.24) is 9.66 Å². The molecule has 0 aliphatic rings. The molecule has 1 aromatic heterocycles. The first-order chi connectivity index (χ1) is 12.3. The van der Waals surface area contributed by atoms with Gasteiger partial charge in [0.05, 0.1) is 48.9 Å². The summed E-state index contributed by atoms with van der Waals surface area (Å²) in [6, 6.07) is 2.51. The van der Waals surface area contributed by atoms with Gasteiger partial charge in [0.2, 0.25) is 5.95 Å². The number of anilines is 1. The number of ether oxygens (including phenoxy) is 3. The van der Waals surface area contributed by atoms with E-state index in [0.717, 1.165) is 6.07 Å². The molecular formula is C15H17N5O6. The average molecular weight is 363 g/mol. The molecule has 11 heteroatoms. The van der Waals surface area contributed by atoms with Crippen molar-refractivity contribution in [2.24, 2.45) is 5.10 Å². The number of nitrogen functional groups attached to an aromatic ring is 1. The zero-order chi connectivity index (χ0) is 19.3. The normalized spacial score (nSPS) is 10.7. The van der Waals surface area contributed by atoms with E-state index in [0.29, 0.717) is 5.69 Å². The van der Waals surface area contributed by atoms with Gasteiger partial charge in [-0.15, -0.1) is 0 Å². The summed E-state index contributed by atoms with van der Waals surface area (Å²) in [6.45, 7) is 1.32. The summed E-state index contributed by atoms with van der Waals surface area (Å²) in [5.74, 6) is -0.270. The second kappa shape index (κ2) is 7.96. The molecule has 0 aliphatic carbocycles. The van der Waals surface area contributed by atoms with Gasteiger partial charge in [0, 0.05) is 0 Å². The molecule has 11 nitrogen and oxygen atoms in total. The Bertz CT molecular complexity index is 860. The van der Waals surface area contributed by atoms with Crippen LogP contribution in [0.25, 0.3) is 0 Å². The molecule has 1 heterocycles. The van der Waals surface area contributed by atoms with Crippen LogP contribution in [0.5, 0.6) is 11.5 Å². The number of carbonyl (C=O) groups is 1. The lowest BCUT2D eigenvalue weighted by atomic mass is 10.1. The van der Waals surface area contributed by atoms with Crippen molar-refractivity contribution in [2.75, 3.05) is 26.6 Å². The summed E-state index contributed by atoms with van der Waals surface area (Å²) >= 11 is 0. The second-order valence-corrected chi connectivity index (χ2v) is 5.01. The first kappa shape index (κ1) is 18.7. The van der Waals surface area contributed by atoms with Crippen molar-refractivity contribution in [1.29, 1.82) is 0 Å². The van der Waals surface area contributed by atoms with E-state index >= 15 is 0 Å². The molecule has 2 aromatic rings. The third-order valence-electron chi connectivity index (χ3n) is 3.24. The SMILES string of the molecule is COC(=O)COc1cc([N+](=O)[O-])c(C=Nn2cc(C)nc2N)cc1OC. The molecule has 2 rings (SSSR count). The van der Waals surface area contributed by atoms with Gasteiger partial charge in [-0.05, 0) is 13.0 Å². The molecule has 138 valence electrons. The van der Waals surface area contributed by atoms with Gasteiger partial charge in [-0.3, -0.25) is 10.1 Å². The first-order valence-corrected chi connectivity index (χ1v) is 7.27. The van der Waals surface area contributed by atoms with Crippen LogP contribution in [0, 0.1) is 17.0 Å². The molecule has 0 atom stereocenters. The van der Waals surface area contributed by atoms with E-state index in [1.54, 1.807) is 13.1 Å². The van der Waals surface area contributed by atoms with Gasteiger partial charge in [-0.1, -0.05) is 0 Å². The Morgan fingerprint density at radius 2 is 2.15 bits per heavy atom. The maximum absolute atomic E-state index is 11.4. The standard InChI is InChI=1S/C15H17N5O6/c1-9-7-19(15(16)18-9)17-6-10-4-12(24-2)13(5-11(10)20(22)23)26-8-14(21)25-3/h4-7H,8H2,1-3H3,(H2,16,18). The number of aromatic nitrogens is 2. The maximum atomic E-state index is 11.4. The number of carbonyl (C=O) groups excluding carboxylic acids is 1. The lowest BCUT2D eigenvalue weighted by Gasteiger charge is -2.11. The third-order valence-corrected chi connectivity index (χ3v) is 3.24. The monoisotopic (exact) mass is 363 g/mol. The predicted molar refractivity (Wildman–Crippen MR) is 91.5 cm³/mol. The van der Waals surface area contributed by atoms with Gasteiger partial charge in [0.1, 0.15) is 0 Å². The number of esters is 1. The van der Waals surface area contributed by atoms with Gasteiger partial charge in [-0.25, -0.2) is 14.5 Å². The molecule has 0 unspecified atom stereocenters. The van der Waals surface area contributed by atoms with E-state index in [1.807, 2.05) is 0 Å². The highest BCUT2D eigenvalue weighted by Crippen LogP contribution is 2.34. The summed E-state index contributed by atoms with van der Waals surface area (Å²) in [6.07, 6.45) is 2.82. The fourth-order valence-electron chi connectivity index (χ4n) is 2.02. The lowest BCUT2D eigenvalue weighted by molar-refractivity contribution is -0.385. The number of rotatable bonds is 7. The third kappa shape index (κ3) is 4.26. The van der Waals surface area contributed by atoms with Crippen LogP contribution in [0.15, 0.2) is 23.4 Å². The van der Waals surface area contributed by atoms with Gasteiger partial charge in [-0.2, -0.15) is 5.10 Å². The number of imidazole rings is 1. The Kier molecular flexibility index (Phi) is 5.73. The molecule has 0 bridgehead atoms. The van der Waals surface area contributed by atoms with Crippen LogP contribution in [-0.2, 0) is 9.53 Å². The topological polar surface area (TPSA) is 144 Å². The quantitative estimate of drug-likeness (QED) is 0.333. The molecular weight excluding hydrogens is 346 g/mol. The van der Waals surface area contributed by atoms with Crippen LogP contribution < -0.4 is 15.2 Å². The summed E-state index contributed by atoms with van der Waals surface area (Å²) < 4.78 is 16.1. The summed E-state index contributed by atoms with van der Waals surface area (Å²) in [7, 11) is 2.57. The Morgan fingerprint density at radius 1 is 1.42 bits per heavy atom. The number of benzene rings is 1. The Balaban J connectivity index is 2.40. The largest absolute Gasteiger partial charge is 0.493 e. The number of hydrogen-bond donors (Lipinski definition) is 1. The van der Waals surface area contributed by atoms with Crippen LogP contribution in [0.3, 0.4) is 0 Å². The van der Waals surface area contributed by atoms with E-state index in [-0.39, 0.29) is 28.7 Å². The van der Waals surface area contributed by atoms with Crippen molar-refractivity contribution in [3.63, 3.8) is 0 Å². The van der Waals surface area contributed by atoms with Crippen LogP contribution in [0.2, 0.25) is 0 Å². The number of methoxy groups -OCH3 is 2. The number of nitrogens with two attached hydrogens (primary N) is 1. The number of aryl methyl sites for hydroxylation is 1. The van der Waals surface area contributed by atoms with Crippen molar-refractivity contribution in [3.05, 3.63) is 39.7 Å². The summed E-state index contributed by atoms with van der Waals surface area (Å²) in [5.41, 5.74) is 6.20. The van der Waals surface area contributed by atoms with Crippen molar-refractivity contribution in [3.8, 4) is 11.5 Å². The molecule has 26 heavy (non-hydrogen) atoms. The molecule has 0 saturated heterocycles. The highest BCUT2D eigenvalue weighted by molar-refractivity contribution is 5.87. The van der Waals surface area contributed by atoms with E-state index < -0.39 is 17.5 Å². The molecule has 0 amide bonds. The van der Waals surface area contributed by atoms with Gasteiger partial charge in [0.25, 0.3) is 5.69 Å². The highest BCUT2D eigenvalue weighted by Gasteiger charge is 2.20. The number of nitro groups is 1. The van der Waals surface area contributed by atoms with Gasteiger partial charge < -0.3 is 19.9 Å². The van der Waals surface area contributed by atoms with E-state index in [9.17, 15) is 14.9 Å². The molecule has 0 aliphatic heterocycles. The molecule has 0 fully saturated rings. The Morgan fingerprint density at radius 3 is 2.69 bits per heavy atom. The van der Waals surface area contributed by atoms with Crippen LogP contribution in [0.4, 0.5) is 11.6 Å². The van der Waals surface area contributed by atoms with Crippen LogP contribution in [0.1, 0.15) is 11.3 Å². The molecule has 0 radical (unpaired) electrons. The van der Waals surface area contributed by atoms with Gasteiger partial charge in [0.15, 0.2) is 18.1 Å². The van der Waals surface area contributed by atoms with E-state index in [2.05, 4.69) is 14.8 Å². The minimum Gasteiger partial charge on any atom is -0.493 e. The average Bonchev–Trinajstić information content (AvgIpc) is 2.94. The van der Waals surface area contributed by atoms with E-state index in [4.69, 9.17) is 15.2 Å². The van der Waals surface area contributed by atoms with Crippen molar-refractivity contribution in [2.45, 2.75) is 6.92 Å². The number of nitro benzene ring substituents is 1. The maximum Gasteiger partial charge on any atom is 0.343 e. The minimum atomic E-state index is -0.633. The number of hydrogen-bond acceptors (Lipinski definition) is 9. The zero-order valence-corrected chi connectivity index (χ0v) is 14.3. The summed E-state index contributed by atoms with van der Waals surface area (Å²) in [4.78, 5) is 25.9. The smallest absolute Gasteiger partial charge is 0.343 e. The Hall–Kier alpha value is -3.63. The number of nitrogens with zero attached hydrogens (tertiary/aromatic N) is 4. The van der Waals surface area contributed by atoms with Gasteiger partial charge >= 0.3 is 5.97 Å². The fraction of sp³-hybridized carbons (Fsp3) is 0.267. The highest BCUT2D eigenvalue weighted by atomic mass is 16.6. The lowest BCUT2D eigenvalue weighted by Crippen LogP contribution is -2.13. The molecule has 0 saturated carbocycles. The zero-order valence-electron chi connectivity index (χ0n) is 14.3. The van der Waals surface area contributed by atoms with Crippen molar-refractivity contribution >= 4 is 23.8 Å². The Labute approximate surface area is 148 Å². The van der Waals surface area contributed by atoms with Crippen LogP contribution in [-0.4, -0.2) is 47.6 Å². The van der Waals surface area contributed by atoms with Crippen molar-refractivity contribution < 1.29 is 23.9 Å².